The van der Waals surface area contributed by atoms with Crippen molar-refractivity contribution in [3.8, 4) is 0 Å². The summed E-state index contributed by atoms with van der Waals surface area (Å²) in [7, 11) is 0. The smallest absolute Gasteiger partial charge is 0.182 e. The quantitative estimate of drug-likeness (QED) is 0.452. The number of hydrogen-bond acceptors (Lipinski definition) is 1. The van der Waals surface area contributed by atoms with Crippen LogP contribution < -0.4 is 0 Å². The van der Waals surface area contributed by atoms with Gasteiger partial charge in [0, 0.05) is 11.1 Å². The number of hydrogen-bond donors (Lipinski definition) is 0. The molecule has 0 aromatic heterocycles. The predicted molar refractivity (Wildman–Crippen MR) is 44.0 cm³/mol. The fraction of sp³-hybridized carbons (Fsp3) is 0.125. The minimum absolute atomic E-state index is 0.144. The molecule has 0 radical (unpaired) electrons. The van der Waals surface area contributed by atoms with Gasteiger partial charge in [-0.1, -0.05) is 24.3 Å². The molecule has 0 rings (SSSR count). The van der Waals surface area contributed by atoms with Gasteiger partial charge in [-0.2, -0.15) is 0 Å². The molecule has 0 aromatic rings. The summed E-state index contributed by atoms with van der Waals surface area (Å²) in [6.45, 7) is 6.81. The first-order valence-corrected chi connectivity index (χ1v) is 3.26. The third-order valence-electron chi connectivity index (χ3n) is 0.998. The second kappa shape index (κ2) is 5.00. The van der Waals surface area contributed by atoms with E-state index in [9.17, 15) is 4.79 Å². The summed E-state index contributed by atoms with van der Waals surface area (Å²) >= 11 is 5.34. The summed E-state index contributed by atoms with van der Waals surface area (Å²) in [5.74, 6) is -0.144. The molecule has 0 aliphatic rings. The van der Waals surface area contributed by atoms with Crippen molar-refractivity contribution in [3.63, 3.8) is 0 Å². The zero-order chi connectivity index (χ0) is 7.98. The van der Waals surface area contributed by atoms with E-state index < -0.39 is 0 Å². The first-order chi connectivity index (χ1) is 4.76. The third-order valence-corrected chi connectivity index (χ3v) is 1.26. The van der Waals surface area contributed by atoms with E-state index in [1.165, 1.54) is 11.6 Å². The monoisotopic (exact) mass is 156 g/mol. The van der Waals surface area contributed by atoms with Gasteiger partial charge in [0.1, 0.15) is 0 Å². The van der Waals surface area contributed by atoms with Crippen LogP contribution in [0.15, 0.2) is 36.4 Å². The molecule has 0 unspecified atom stereocenters. The Morgan fingerprint density at radius 1 is 1.50 bits per heavy atom. The zero-order valence-corrected chi connectivity index (χ0v) is 6.40. The van der Waals surface area contributed by atoms with E-state index in [0.29, 0.717) is 12.0 Å². The highest BCUT2D eigenvalue weighted by Gasteiger charge is 2.00. The van der Waals surface area contributed by atoms with E-state index in [1.54, 1.807) is 6.08 Å². The molecule has 0 amide bonds. The molecule has 0 atom stereocenters. The van der Waals surface area contributed by atoms with Crippen LogP contribution in [0.3, 0.4) is 0 Å². The Morgan fingerprint density at radius 3 is 2.40 bits per heavy atom. The Bertz CT molecular complexity index is 180. The minimum atomic E-state index is -0.144. The Balaban J connectivity index is 4.21. The van der Waals surface area contributed by atoms with Gasteiger partial charge in [-0.15, -0.1) is 6.58 Å². The van der Waals surface area contributed by atoms with Crippen LogP contribution in [0.25, 0.3) is 0 Å². The molecule has 1 nitrogen and oxygen atoms in total. The maximum atomic E-state index is 10.8. The Labute approximate surface area is 65.7 Å². The van der Waals surface area contributed by atoms with Crippen molar-refractivity contribution >= 4 is 17.4 Å². The van der Waals surface area contributed by atoms with Gasteiger partial charge in [-0.3, -0.25) is 4.79 Å². The predicted octanol–water partition coefficient (Wildman–Crippen LogP) is 2.44. The lowest BCUT2D eigenvalue weighted by molar-refractivity contribution is -0.111. The molecule has 0 N–H and O–H groups in total. The average Bonchev–Trinajstić information content (AvgIpc) is 1.99. The van der Waals surface area contributed by atoms with Gasteiger partial charge >= 0.3 is 0 Å². The van der Waals surface area contributed by atoms with Crippen molar-refractivity contribution in [1.82, 2.24) is 0 Å². The molecule has 0 aliphatic heterocycles. The van der Waals surface area contributed by atoms with Crippen molar-refractivity contribution in [2.45, 2.75) is 6.42 Å². The van der Waals surface area contributed by atoms with E-state index in [1.807, 2.05) is 0 Å². The van der Waals surface area contributed by atoms with Crippen molar-refractivity contribution in [1.29, 1.82) is 0 Å². The summed E-state index contributed by atoms with van der Waals surface area (Å²) in [4.78, 5) is 10.8. The van der Waals surface area contributed by atoms with E-state index in [0.717, 1.165) is 0 Å². The maximum Gasteiger partial charge on any atom is 0.182 e. The first-order valence-electron chi connectivity index (χ1n) is 2.83. The molecule has 54 valence electrons. The second-order valence-corrected chi connectivity index (χ2v) is 1.91. The molecule has 10 heavy (non-hydrogen) atoms. The van der Waals surface area contributed by atoms with Crippen molar-refractivity contribution in [2.75, 3.05) is 0 Å². The van der Waals surface area contributed by atoms with Crippen molar-refractivity contribution < 1.29 is 4.79 Å². The Hall–Kier alpha value is -0.820. The number of rotatable bonds is 4. The largest absolute Gasteiger partial charge is 0.290 e. The maximum absolute atomic E-state index is 10.8. The number of halogens is 1. The summed E-state index contributed by atoms with van der Waals surface area (Å²) in [5, 5.41) is 0. The van der Waals surface area contributed by atoms with E-state index in [2.05, 4.69) is 13.2 Å². The SMILES string of the molecule is C=CC/C(=C\Cl)C(=O)C=C. The fourth-order valence-electron chi connectivity index (χ4n) is 0.486. The molecule has 0 heterocycles. The standard InChI is InChI=1S/C8H9ClO/c1-3-5-7(6-9)8(10)4-2/h3-4,6H,1-2,5H2/b7-6+. The van der Waals surface area contributed by atoms with E-state index >= 15 is 0 Å². The molecule has 0 bridgehead atoms. The van der Waals surface area contributed by atoms with Crippen LogP contribution in [0.2, 0.25) is 0 Å². The lowest BCUT2D eigenvalue weighted by atomic mass is 10.1. The van der Waals surface area contributed by atoms with Crippen LogP contribution in [0.1, 0.15) is 6.42 Å². The minimum Gasteiger partial charge on any atom is -0.290 e. The van der Waals surface area contributed by atoms with Gasteiger partial charge < -0.3 is 0 Å². The number of carbonyl (C=O) groups is 1. The highest BCUT2D eigenvalue weighted by molar-refractivity contribution is 6.28. The van der Waals surface area contributed by atoms with Crippen molar-refractivity contribution in [3.05, 3.63) is 36.4 Å². The first kappa shape index (κ1) is 9.18. The fourth-order valence-corrected chi connectivity index (χ4v) is 0.682. The summed E-state index contributed by atoms with van der Waals surface area (Å²) < 4.78 is 0. The van der Waals surface area contributed by atoms with Crippen LogP contribution in [0.5, 0.6) is 0 Å². The number of ketones is 1. The molecule has 0 spiro atoms. The lowest BCUT2D eigenvalue weighted by Crippen LogP contribution is -1.95. The highest BCUT2D eigenvalue weighted by Crippen LogP contribution is 2.05. The molecule has 2 heteroatoms. The van der Waals surface area contributed by atoms with Crippen LogP contribution in [-0.4, -0.2) is 5.78 Å². The molecule has 0 aromatic carbocycles. The number of allylic oxidation sites excluding steroid dienone is 3. The second-order valence-electron chi connectivity index (χ2n) is 1.70. The normalized spacial score (nSPS) is 10.7. The van der Waals surface area contributed by atoms with Gasteiger partial charge in [0.25, 0.3) is 0 Å². The zero-order valence-electron chi connectivity index (χ0n) is 5.64. The average molecular weight is 157 g/mol. The lowest BCUT2D eigenvalue weighted by Gasteiger charge is -1.94. The summed E-state index contributed by atoms with van der Waals surface area (Å²) in [6, 6.07) is 0. The van der Waals surface area contributed by atoms with Crippen LogP contribution in [-0.2, 0) is 4.79 Å². The van der Waals surface area contributed by atoms with Gasteiger partial charge in [-0.25, -0.2) is 0 Å². The molecule has 0 fully saturated rings. The third kappa shape index (κ3) is 2.65. The van der Waals surface area contributed by atoms with Crippen LogP contribution >= 0.6 is 11.6 Å². The molecule has 0 aliphatic carbocycles. The molecular formula is C8H9ClO. The van der Waals surface area contributed by atoms with Crippen LogP contribution in [0, 0.1) is 0 Å². The molecule has 0 saturated heterocycles. The van der Waals surface area contributed by atoms with Gasteiger partial charge in [0.05, 0.1) is 0 Å². The van der Waals surface area contributed by atoms with Gasteiger partial charge in [-0.05, 0) is 12.5 Å². The number of carbonyl (C=O) groups excluding carboxylic acids is 1. The summed E-state index contributed by atoms with van der Waals surface area (Å²) in [5.41, 5.74) is 1.78. The highest BCUT2D eigenvalue weighted by atomic mass is 35.5. The Kier molecular flexibility index (Phi) is 4.59. The molecular weight excluding hydrogens is 148 g/mol. The summed E-state index contributed by atoms with van der Waals surface area (Å²) in [6.07, 6.45) is 3.35. The Morgan fingerprint density at radius 2 is 2.10 bits per heavy atom. The van der Waals surface area contributed by atoms with Crippen LogP contribution in [0.4, 0.5) is 0 Å². The van der Waals surface area contributed by atoms with E-state index in [-0.39, 0.29) is 5.78 Å². The van der Waals surface area contributed by atoms with Gasteiger partial charge in [0.2, 0.25) is 0 Å². The van der Waals surface area contributed by atoms with Gasteiger partial charge in [0.15, 0.2) is 5.78 Å². The topological polar surface area (TPSA) is 17.1 Å². The molecule has 0 saturated carbocycles. The van der Waals surface area contributed by atoms with Crippen molar-refractivity contribution in [2.24, 2.45) is 0 Å². The van der Waals surface area contributed by atoms with E-state index in [4.69, 9.17) is 11.6 Å².